The van der Waals surface area contributed by atoms with Crippen molar-refractivity contribution >= 4 is 11.9 Å². The highest BCUT2D eigenvalue weighted by molar-refractivity contribution is 5.87. The summed E-state index contributed by atoms with van der Waals surface area (Å²) in [6.45, 7) is 18.8. The van der Waals surface area contributed by atoms with Crippen molar-refractivity contribution in [1.29, 1.82) is 0 Å². The Morgan fingerprint density at radius 3 is 1.47 bits per heavy atom. The molecule has 280 valence electrons. The van der Waals surface area contributed by atoms with Crippen LogP contribution in [0.2, 0.25) is 0 Å². The molecular formula is C39H52O12. The highest BCUT2D eigenvalue weighted by Crippen LogP contribution is 2.62. The van der Waals surface area contributed by atoms with Gasteiger partial charge in [-0.05, 0) is 37.1 Å². The molecule has 12 nitrogen and oxygen atoms in total. The van der Waals surface area contributed by atoms with Gasteiger partial charge in [0.2, 0.25) is 0 Å². The third-order valence-electron chi connectivity index (χ3n) is 8.48. The third-order valence-corrected chi connectivity index (χ3v) is 8.48. The lowest BCUT2D eigenvalue weighted by molar-refractivity contribution is -0.141. The molecule has 0 amide bonds. The monoisotopic (exact) mass is 712 g/mol. The first kappa shape index (κ1) is 40.0. The predicted molar refractivity (Wildman–Crippen MR) is 188 cm³/mol. The van der Waals surface area contributed by atoms with Crippen molar-refractivity contribution in [2.24, 2.45) is 11.3 Å². The number of carbonyl (C=O) groups excluding carboxylic acids is 2. The van der Waals surface area contributed by atoms with E-state index in [9.17, 15) is 9.59 Å². The Hall–Kier alpha value is -3.78. The molecule has 0 aromatic carbocycles. The maximum Gasteiger partial charge on any atom is 0.333 e. The molecule has 0 aromatic rings. The second-order valence-corrected chi connectivity index (χ2v) is 12.3. The Kier molecular flexibility index (Phi) is 16.4. The molecule has 0 heterocycles. The average Bonchev–Trinajstić information content (AvgIpc) is 3.85. The Labute approximate surface area is 301 Å². The van der Waals surface area contributed by atoms with Crippen LogP contribution in [0.15, 0.2) is 94.6 Å². The zero-order valence-corrected chi connectivity index (χ0v) is 30.2. The molecule has 0 N–H and O–H groups in total. The van der Waals surface area contributed by atoms with Gasteiger partial charge in [0.05, 0.1) is 79.3 Å². The first-order valence-corrected chi connectivity index (χ1v) is 17.4. The quantitative estimate of drug-likeness (QED) is 0.0616. The molecule has 0 saturated heterocycles. The van der Waals surface area contributed by atoms with Crippen LogP contribution in [0.4, 0.5) is 0 Å². The fourth-order valence-corrected chi connectivity index (χ4v) is 5.93. The number of hydrogen-bond donors (Lipinski definition) is 0. The first-order chi connectivity index (χ1) is 24.7. The van der Waals surface area contributed by atoms with Crippen LogP contribution in [-0.2, 0) is 57.0 Å². The summed E-state index contributed by atoms with van der Waals surface area (Å²) in [4.78, 5) is 22.6. The lowest BCUT2D eigenvalue weighted by atomic mass is 9.69. The molecule has 0 spiro atoms. The number of allylic oxidation sites excluding steroid dienone is 10. The summed E-state index contributed by atoms with van der Waals surface area (Å²) in [5, 5.41) is 0. The van der Waals surface area contributed by atoms with Gasteiger partial charge >= 0.3 is 11.9 Å². The van der Waals surface area contributed by atoms with Gasteiger partial charge in [-0.3, -0.25) is 0 Å². The fourth-order valence-electron chi connectivity index (χ4n) is 5.93. The molecule has 4 rings (SSSR count). The van der Waals surface area contributed by atoms with Gasteiger partial charge in [0.25, 0.3) is 0 Å². The first-order valence-electron chi connectivity index (χ1n) is 17.4. The third kappa shape index (κ3) is 11.6. The number of esters is 2. The van der Waals surface area contributed by atoms with Gasteiger partial charge in [-0.2, -0.15) is 0 Å². The minimum atomic E-state index is -0.416. The lowest BCUT2D eigenvalue weighted by Gasteiger charge is -2.33. The van der Waals surface area contributed by atoms with Crippen molar-refractivity contribution in [3.63, 3.8) is 0 Å². The zero-order valence-electron chi connectivity index (χ0n) is 30.2. The number of fused-ring (bicyclic) bond motifs is 5. The summed E-state index contributed by atoms with van der Waals surface area (Å²) in [7, 11) is 0. The minimum Gasteiger partial charge on any atom is -0.491 e. The highest BCUT2D eigenvalue weighted by atomic mass is 16.6. The van der Waals surface area contributed by atoms with E-state index in [1.54, 1.807) is 13.8 Å². The second kappa shape index (κ2) is 20.9. The number of rotatable bonds is 29. The van der Waals surface area contributed by atoms with Crippen LogP contribution in [0, 0.1) is 11.3 Å². The fraction of sp³-hybridized carbons (Fsp3) is 0.538. The largest absolute Gasteiger partial charge is 0.491 e. The molecule has 0 fully saturated rings. The van der Waals surface area contributed by atoms with Crippen molar-refractivity contribution in [1.82, 2.24) is 0 Å². The molecule has 0 aromatic heterocycles. The average molecular weight is 713 g/mol. The van der Waals surface area contributed by atoms with Gasteiger partial charge in [-0.15, -0.1) is 0 Å². The van der Waals surface area contributed by atoms with E-state index in [4.69, 9.17) is 47.4 Å². The molecule has 0 radical (unpaired) electrons. The van der Waals surface area contributed by atoms with Gasteiger partial charge in [-0.25, -0.2) is 9.59 Å². The van der Waals surface area contributed by atoms with E-state index < -0.39 is 11.9 Å². The molecule has 0 aliphatic heterocycles. The summed E-state index contributed by atoms with van der Waals surface area (Å²) in [6, 6.07) is 0. The predicted octanol–water partition coefficient (Wildman–Crippen LogP) is 4.51. The molecule has 4 aliphatic rings. The van der Waals surface area contributed by atoms with Crippen molar-refractivity contribution in [2.75, 3.05) is 106 Å². The van der Waals surface area contributed by atoms with E-state index in [1.165, 1.54) is 22.3 Å². The van der Waals surface area contributed by atoms with E-state index in [0.29, 0.717) is 104 Å². The minimum absolute atomic E-state index is 0.170. The van der Waals surface area contributed by atoms with Crippen LogP contribution >= 0.6 is 0 Å². The second-order valence-electron chi connectivity index (χ2n) is 12.3. The summed E-state index contributed by atoms with van der Waals surface area (Å²) in [5.74, 6) is 1.12. The molecule has 51 heavy (non-hydrogen) atoms. The Morgan fingerprint density at radius 2 is 1.00 bits per heavy atom. The van der Waals surface area contributed by atoms with Gasteiger partial charge in [-0.1, -0.05) is 44.4 Å². The molecule has 0 saturated carbocycles. The van der Waals surface area contributed by atoms with Crippen LogP contribution in [0.5, 0.6) is 0 Å². The van der Waals surface area contributed by atoms with Crippen LogP contribution in [-0.4, -0.2) is 118 Å². The topological polar surface area (TPSA) is 126 Å². The molecule has 2 atom stereocenters. The summed E-state index contributed by atoms with van der Waals surface area (Å²) >= 11 is 0. The zero-order chi connectivity index (χ0) is 36.5. The molecular weight excluding hydrogens is 660 g/mol. The summed E-state index contributed by atoms with van der Waals surface area (Å²) < 4.78 is 55.4. The SMILES string of the molecule is C=C(C)C(=O)OCCOCCOCCOCCOC1=CC2=CC=C1C2C1(C)C2=CC=C1C(OCCOCCOCCOCCOC(=O)C(=C)C)=C2. The Balaban J connectivity index is 1.01. The molecule has 12 heteroatoms. The van der Waals surface area contributed by atoms with Crippen LogP contribution in [0.3, 0.4) is 0 Å². The van der Waals surface area contributed by atoms with Gasteiger partial charge in [0.1, 0.15) is 37.9 Å². The maximum atomic E-state index is 11.3. The van der Waals surface area contributed by atoms with Crippen LogP contribution in [0.1, 0.15) is 20.8 Å². The van der Waals surface area contributed by atoms with Gasteiger partial charge < -0.3 is 47.4 Å². The van der Waals surface area contributed by atoms with Gasteiger partial charge in [0, 0.05) is 33.6 Å². The van der Waals surface area contributed by atoms with E-state index in [2.05, 4.69) is 56.5 Å². The van der Waals surface area contributed by atoms with Crippen molar-refractivity contribution in [3.05, 3.63) is 94.6 Å². The van der Waals surface area contributed by atoms with Crippen LogP contribution in [0.25, 0.3) is 0 Å². The van der Waals surface area contributed by atoms with E-state index in [-0.39, 0.29) is 24.5 Å². The van der Waals surface area contributed by atoms with Crippen molar-refractivity contribution in [3.8, 4) is 0 Å². The van der Waals surface area contributed by atoms with E-state index in [0.717, 1.165) is 11.5 Å². The van der Waals surface area contributed by atoms with Crippen molar-refractivity contribution < 1.29 is 57.0 Å². The van der Waals surface area contributed by atoms with Crippen LogP contribution < -0.4 is 0 Å². The standard InChI is InChI=1S/C39H52O12/c1-28(2)37(40)50-24-20-46-16-12-42-10-14-44-18-22-48-34-26-30-6-8-32(34)36(30)39(5)31-7-9-33(39)35(27-31)49-23-19-45-15-11-43-13-17-47-21-25-51-38(41)29(3)4/h6-9,26-27,36H,1,3,10-25H2,2,4-5H3. The van der Waals surface area contributed by atoms with E-state index in [1.807, 2.05) is 0 Å². The highest BCUT2D eigenvalue weighted by Gasteiger charge is 2.53. The summed E-state index contributed by atoms with van der Waals surface area (Å²) in [5.41, 5.74) is 5.34. The van der Waals surface area contributed by atoms with E-state index >= 15 is 0 Å². The molecule has 4 aliphatic carbocycles. The van der Waals surface area contributed by atoms with Gasteiger partial charge in [0.15, 0.2) is 0 Å². The molecule has 2 unspecified atom stereocenters. The Morgan fingerprint density at radius 1 is 0.569 bits per heavy atom. The smallest absolute Gasteiger partial charge is 0.333 e. The number of ether oxygens (including phenoxy) is 10. The molecule has 4 bridgehead atoms. The number of carbonyl (C=O) groups is 2. The number of hydrogen-bond acceptors (Lipinski definition) is 12. The lowest BCUT2D eigenvalue weighted by Crippen LogP contribution is -2.27. The van der Waals surface area contributed by atoms with Crippen molar-refractivity contribution in [2.45, 2.75) is 20.8 Å². The maximum absolute atomic E-state index is 11.3. The summed E-state index contributed by atoms with van der Waals surface area (Å²) in [6.07, 6.45) is 12.9. The normalized spacial score (nSPS) is 19.5. The Bertz CT molecular complexity index is 1430.